The van der Waals surface area contributed by atoms with Crippen LogP contribution in [-0.4, -0.2) is 70.9 Å². The maximum atomic E-state index is 9.02. The molecule has 6 heteroatoms. The molecule has 1 fully saturated rings. The summed E-state index contributed by atoms with van der Waals surface area (Å²) in [6.07, 6.45) is -1.26. The lowest BCUT2D eigenvalue weighted by Gasteiger charge is -2.44. The van der Waals surface area contributed by atoms with Gasteiger partial charge >= 0.3 is 0 Å². The highest BCUT2D eigenvalue weighted by Crippen LogP contribution is 2.28. The quantitative estimate of drug-likeness (QED) is 0.703. The summed E-state index contributed by atoms with van der Waals surface area (Å²) in [5, 5.41) is 9.02. The van der Waals surface area contributed by atoms with Gasteiger partial charge in [-0.2, -0.15) is 0 Å². The first-order chi connectivity index (χ1) is 8.23. The molecule has 0 amide bonds. The lowest BCUT2D eigenvalue weighted by atomic mass is 9.96. The van der Waals surface area contributed by atoms with Gasteiger partial charge in [0.1, 0.15) is 18.3 Å². The highest BCUT2D eigenvalue weighted by atomic mass is 16.7. The second kappa shape index (κ2) is 7.25. The minimum Gasteiger partial charge on any atom is -0.396 e. The summed E-state index contributed by atoms with van der Waals surface area (Å²) in [6, 6.07) is 0. The second-order valence-electron chi connectivity index (χ2n) is 3.89. The molecular weight excluding hydrogens is 228 g/mol. The highest BCUT2D eigenvalue weighted by molar-refractivity contribution is 4.92. The van der Waals surface area contributed by atoms with Crippen LogP contribution in [0.5, 0.6) is 0 Å². The molecule has 0 aromatic heterocycles. The Labute approximate surface area is 102 Å². The lowest BCUT2D eigenvalue weighted by Crippen LogP contribution is -2.60. The van der Waals surface area contributed by atoms with E-state index in [2.05, 4.69) is 0 Å². The zero-order chi connectivity index (χ0) is 12.8. The highest BCUT2D eigenvalue weighted by Gasteiger charge is 2.46. The van der Waals surface area contributed by atoms with Crippen molar-refractivity contribution < 1.29 is 28.8 Å². The van der Waals surface area contributed by atoms with E-state index in [0.29, 0.717) is 6.42 Å². The number of hydrogen-bond donors (Lipinski definition) is 1. The molecule has 1 heterocycles. The molecule has 0 aromatic carbocycles. The monoisotopic (exact) mass is 250 g/mol. The fourth-order valence-electron chi connectivity index (χ4n) is 2.23. The molecule has 6 nitrogen and oxygen atoms in total. The number of aliphatic hydroxyl groups is 1. The van der Waals surface area contributed by atoms with Gasteiger partial charge < -0.3 is 28.8 Å². The van der Waals surface area contributed by atoms with Crippen LogP contribution in [0.15, 0.2) is 0 Å². The normalized spacial score (nSPS) is 38.3. The Morgan fingerprint density at radius 2 is 1.47 bits per heavy atom. The Balaban J connectivity index is 2.84. The fourth-order valence-corrected chi connectivity index (χ4v) is 2.23. The van der Waals surface area contributed by atoms with E-state index >= 15 is 0 Å². The van der Waals surface area contributed by atoms with Crippen molar-refractivity contribution in [3.63, 3.8) is 0 Å². The number of ether oxygens (including phenoxy) is 5. The first-order valence-electron chi connectivity index (χ1n) is 5.61. The lowest BCUT2D eigenvalue weighted by molar-refractivity contribution is -0.303. The average Bonchev–Trinajstić information content (AvgIpc) is 2.37. The molecule has 0 spiro atoms. The van der Waals surface area contributed by atoms with Crippen LogP contribution in [0, 0.1) is 0 Å². The molecule has 0 radical (unpaired) electrons. The van der Waals surface area contributed by atoms with Crippen molar-refractivity contribution in [2.45, 2.75) is 37.1 Å². The van der Waals surface area contributed by atoms with E-state index in [0.717, 1.165) is 0 Å². The van der Waals surface area contributed by atoms with E-state index in [4.69, 9.17) is 28.8 Å². The van der Waals surface area contributed by atoms with Crippen LogP contribution < -0.4 is 0 Å². The summed E-state index contributed by atoms with van der Waals surface area (Å²) < 4.78 is 27.1. The van der Waals surface area contributed by atoms with Crippen LogP contribution in [-0.2, 0) is 23.7 Å². The molecule has 1 aliphatic rings. The molecule has 102 valence electrons. The van der Waals surface area contributed by atoms with Gasteiger partial charge in [0.25, 0.3) is 0 Å². The van der Waals surface area contributed by atoms with Crippen molar-refractivity contribution in [3.05, 3.63) is 0 Å². The van der Waals surface area contributed by atoms with Crippen LogP contribution in [0.3, 0.4) is 0 Å². The Morgan fingerprint density at radius 3 is 1.88 bits per heavy atom. The molecule has 1 aliphatic heterocycles. The molecular formula is C11H22O6. The van der Waals surface area contributed by atoms with Gasteiger partial charge in [-0.05, 0) is 6.42 Å². The third-order valence-electron chi connectivity index (χ3n) is 3.05. The molecule has 1 rings (SSSR count). The molecule has 17 heavy (non-hydrogen) atoms. The van der Waals surface area contributed by atoms with Crippen LogP contribution >= 0.6 is 0 Å². The molecule has 0 saturated carbocycles. The van der Waals surface area contributed by atoms with Gasteiger partial charge in [-0.25, -0.2) is 0 Å². The number of hydrogen-bond acceptors (Lipinski definition) is 6. The Bertz CT molecular complexity index is 212. The zero-order valence-corrected chi connectivity index (χ0v) is 10.8. The average molecular weight is 250 g/mol. The van der Waals surface area contributed by atoms with Crippen molar-refractivity contribution in [2.24, 2.45) is 0 Å². The molecule has 1 saturated heterocycles. The van der Waals surface area contributed by atoms with E-state index in [9.17, 15) is 0 Å². The van der Waals surface area contributed by atoms with Gasteiger partial charge in [-0.15, -0.1) is 0 Å². The van der Waals surface area contributed by atoms with Gasteiger partial charge in [0.2, 0.25) is 0 Å². The molecule has 5 atom stereocenters. The minimum atomic E-state index is -0.520. The summed E-state index contributed by atoms with van der Waals surface area (Å²) in [6.45, 7) is 0.0229. The van der Waals surface area contributed by atoms with Crippen molar-refractivity contribution in [1.29, 1.82) is 0 Å². The van der Waals surface area contributed by atoms with Crippen LogP contribution in [0.4, 0.5) is 0 Å². The van der Waals surface area contributed by atoms with Crippen molar-refractivity contribution >= 4 is 0 Å². The number of aliphatic hydroxyl groups excluding tert-OH is 1. The number of methoxy groups -OCH3 is 4. The Hall–Kier alpha value is -0.240. The third-order valence-corrected chi connectivity index (χ3v) is 3.05. The minimum absolute atomic E-state index is 0.0229. The van der Waals surface area contributed by atoms with E-state index in [1.807, 2.05) is 0 Å². The maximum Gasteiger partial charge on any atom is 0.186 e. The standard InChI is InChI=1S/C11H22O6/c1-13-8-7(5-6-12)17-11(16-4)10(15-3)9(8)14-2/h7-12H,5-6H2,1-4H3/t7-,8-,9+,10+,11?/m1/s1. The van der Waals surface area contributed by atoms with Crippen LogP contribution in [0.2, 0.25) is 0 Å². The van der Waals surface area contributed by atoms with Gasteiger partial charge in [0.05, 0.1) is 6.10 Å². The van der Waals surface area contributed by atoms with Crippen molar-refractivity contribution in [2.75, 3.05) is 35.0 Å². The predicted molar refractivity (Wildman–Crippen MR) is 59.8 cm³/mol. The van der Waals surface area contributed by atoms with Crippen molar-refractivity contribution in [1.82, 2.24) is 0 Å². The first-order valence-corrected chi connectivity index (χ1v) is 5.61. The van der Waals surface area contributed by atoms with E-state index in [1.54, 1.807) is 28.4 Å². The molecule has 1 N–H and O–H groups in total. The molecule has 0 bridgehead atoms. The topological polar surface area (TPSA) is 66.4 Å². The predicted octanol–water partition coefficient (Wildman–Crippen LogP) is -0.215. The first kappa shape index (κ1) is 14.8. The number of rotatable bonds is 6. The summed E-state index contributed by atoms with van der Waals surface area (Å²) in [5.74, 6) is 0. The van der Waals surface area contributed by atoms with Crippen LogP contribution in [0.25, 0.3) is 0 Å². The second-order valence-corrected chi connectivity index (χ2v) is 3.89. The third kappa shape index (κ3) is 3.15. The fraction of sp³-hybridized carbons (Fsp3) is 1.00. The van der Waals surface area contributed by atoms with Gasteiger partial charge in [0.15, 0.2) is 6.29 Å². The van der Waals surface area contributed by atoms with E-state index in [1.165, 1.54) is 0 Å². The summed E-state index contributed by atoms with van der Waals surface area (Å²) in [5.41, 5.74) is 0. The Kier molecular flexibility index (Phi) is 6.32. The SMILES string of the molecule is COC1O[C@H](CCO)[C@@H](OC)[C@H](OC)[C@@H]1OC. The van der Waals surface area contributed by atoms with Crippen molar-refractivity contribution in [3.8, 4) is 0 Å². The van der Waals surface area contributed by atoms with E-state index in [-0.39, 0.29) is 31.0 Å². The zero-order valence-electron chi connectivity index (χ0n) is 10.8. The molecule has 0 aromatic rings. The summed E-state index contributed by atoms with van der Waals surface area (Å²) in [4.78, 5) is 0. The summed E-state index contributed by atoms with van der Waals surface area (Å²) in [7, 11) is 6.30. The van der Waals surface area contributed by atoms with Gasteiger partial charge in [-0.3, -0.25) is 0 Å². The molecule has 1 unspecified atom stereocenters. The maximum absolute atomic E-state index is 9.02. The van der Waals surface area contributed by atoms with Gasteiger partial charge in [0, 0.05) is 35.0 Å². The smallest absolute Gasteiger partial charge is 0.186 e. The van der Waals surface area contributed by atoms with Crippen LogP contribution in [0.1, 0.15) is 6.42 Å². The van der Waals surface area contributed by atoms with E-state index < -0.39 is 6.29 Å². The van der Waals surface area contributed by atoms with Gasteiger partial charge in [-0.1, -0.05) is 0 Å². The Morgan fingerprint density at radius 1 is 0.882 bits per heavy atom. The summed E-state index contributed by atoms with van der Waals surface area (Å²) >= 11 is 0. The molecule has 0 aliphatic carbocycles. The largest absolute Gasteiger partial charge is 0.396 e.